The summed E-state index contributed by atoms with van der Waals surface area (Å²) in [6, 6.07) is 14.6. The largest absolute Gasteiger partial charge is 0.346 e. The molecule has 0 atom stereocenters. The molecular formula is C19H20N4O2. The lowest BCUT2D eigenvalue weighted by Gasteiger charge is -2.08. The zero-order valence-corrected chi connectivity index (χ0v) is 14.2. The van der Waals surface area contributed by atoms with Crippen molar-refractivity contribution in [2.24, 2.45) is 0 Å². The molecule has 3 aromatic rings. The van der Waals surface area contributed by atoms with Crippen LogP contribution in [0.25, 0.3) is 10.9 Å². The second-order valence-electron chi connectivity index (χ2n) is 5.68. The van der Waals surface area contributed by atoms with Crippen molar-refractivity contribution in [3.63, 3.8) is 0 Å². The first-order valence-electron chi connectivity index (χ1n) is 8.10. The summed E-state index contributed by atoms with van der Waals surface area (Å²) in [5.41, 5.74) is 3.18. The van der Waals surface area contributed by atoms with Crippen LogP contribution in [-0.4, -0.2) is 16.5 Å². The summed E-state index contributed by atoms with van der Waals surface area (Å²) in [5, 5.41) is 9.37. The van der Waals surface area contributed by atoms with Gasteiger partial charge in [0.05, 0.1) is 11.2 Å². The van der Waals surface area contributed by atoms with Gasteiger partial charge >= 0.3 is 6.03 Å². The van der Waals surface area contributed by atoms with Crippen molar-refractivity contribution >= 4 is 39.9 Å². The van der Waals surface area contributed by atoms with Crippen molar-refractivity contribution in [1.29, 1.82) is 0 Å². The standard InChI is InChI=1S/C19H20N4O2/c1-3-23-12-17(16-6-4-5-7-18(16)23)22-19(25)21-15-10-8-14(9-11-15)20-13(2)24/h4-12H,3H2,1-2H3,(H,20,24)(H2,21,22,25). The first kappa shape index (κ1) is 16.6. The van der Waals surface area contributed by atoms with Crippen LogP contribution >= 0.6 is 0 Å². The van der Waals surface area contributed by atoms with Gasteiger partial charge in [-0.2, -0.15) is 0 Å². The van der Waals surface area contributed by atoms with E-state index in [1.54, 1.807) is 24.3 Å². The predicted molar refractivity (Wildman–Crippen MR) is 101 cm³/mol. The molecule has 1 heterocycles. The van der Waals surface area contributed by atoms with Crippen molar-refractivity contribution < 1.29 is 9.59 Å². The van der Waals surface area contributed by atoms with E-state index >= 15 is 0 Å². The topological polar surface area (TPSA) is 75.2 Å². The van der Waals surface area contributed by atoms with Gasteiger partial charge in [-0.25, -0.2) is 4.79 Å². The second-order valence-corrected chi connectivity index (χ2v) is 5.68. The molecule has 0 saturated carbocycles. The average molecular weight is 336 g/mol. The molecule has 0 fully saturated rings. The summed E-state index contributed by atoms with van der Waals surface area (Å²) in [6.45, 7) is 4.34. The molecule has 0 aliphatic heterocycles. The molecule has 3 rings (SSSR count). The number of benzene rings is 2. The predicted octanol–water partition coefficient (Wildman–Crippen LogP) is 4.26. The number of nitrogens with one attached hydrogen (secondary N) is 3. The number of aryl methyl sites for hydroxylation is 1. The zero-order valence-electron chi connectivity index (χ0n) is 14.2. The van der Waals surface area contributed by atoms with Crippen LogP contribution in [0.4, 0.5) is 21.9 Å². The van der Waals surface area contributed by atoms with E-state index in [4.69, 9.17) is 0 Å². The van der Waals surface area contributed by atoms with E-state index in [0.29, 0.717) is 11.4 Å². The van der Waals surface area contributed by atoms with Crippen molar-refractivity contribution in [2.45, 2.75) is 20.4 Å². The van der Waals surface area contributed by atoms with Gasteiger partial charge in [-0.3, -0.25) is 4.79 Å². The van der Waals surface area contributed by atoms with E-state index in [-0.39, 0.29) is 11.9 Å². The molecule has 0 spiro atoms. The Morgan fingerprint density at radius 1 is 0.920 bits per heavy atom. The summed E-state index contributed by atoms with van der Waals surface area (Å²) in [6.07, 6.45) is 1.93. The minimum Gasteiger partial charge on any atom is -0.346 e. The molecule has 0 unspecified atom stereocenters. The van der Waals surface area contributed by atoms with Crippen molar-refractivity contribution in [3.05, 3.63) is 54.7 Å². The van der Waals surface area contributed by atoms with Gasteiger partial charge in [0.15, 0.2) is 0 Å². The number of anilines is 3. The highest BCUT2D eigenvalue weighted by Gasteiger charge is 2.10. The minimum absolute atomic E-state index is 0.134. The molecular weight excluding hydrogens is 316 g/mol. The maximum absolute atomic E-state index is 12.3. The summed E-state index contributed by atoms with van der Waals surface area (Å²) in [5.74, 6) is -0.134. The molecule has 3 N–H and O–H groups in total. The van der Waals surface area contributed by atoms with Crippen LogP contribution in [0.2, 0.25) is 0 Å². The quantitative estimate of drug-likeness (QED) is 0.666. The highest BCUT2D eigenvalue weighted by molar-refractivity contribution is 6.06. The Labute approximate surface area is 145 Å². The molecule has 6 heteroatoms. The summed E-state index contributed by atoms with van der Waals surface area (Å²) in [4.78, 5) is 23.3. The van der Waals surface area contributed by atoms with Crippen LogP contribution in [0.1, 0.15) is 13.8 Å². The number of carbonyl (C=O) groups excluding carboxylic acids is 2. The summed E-state index contributed by atoms with van der Waals surface area (Å²) >= 11 is 0. The van der Waals surface area contributed by atoms with Crippen molar-refractivity contribution in [3.8, 4) is 0 Å². The molecule has 0 radical (unpaired) electrons. The zero-order chi connectivity index (χ0) is 17.8. The van der Waals surface area contributed by atoms with Crippen LogP contribution in [0.3, 0.4) is 0 Å². The number of hydrogen-bond acceptors (Lipinski definition) is 2. The first-order valence-corrected chi connectivity index (χ1v) is 8.10. The fourth-order valence-electron chi connectivity index (χ4n) is 2.73. The number of urea groups is 1. The third-order valence-corrected chi connectivity index (χ3v) is 3.84. The monoisotopic (exact) mass is 336 g/mol. The number of fused-ring (bicyclic) bond motifs is 1. The molecule has 0 aliphatic carbocycles. The van der Waals surface area contributed by atoms with Gasteiger partial charge in [0.1, 0.15) is 0 Å². The Morgan fingerprint density at radius 3 is 2.20 bits per heavy atom. The minimum atomic E-state index is -0.314. The lowest BCUT2D eigenvalue weighted by atomic mass is 10.2. The van der Waals surface area contributed by atoms with Gasteiger partial charge in [-0.1, -0.05) is 18.2 Å². The van der Waals surface area contributed by atoms with Gasteiger partial charge in [-0.05, 0) is 37.3 Å². The lowest BCUT2D eigenvalue weighted by Crippen LogP contribution is -2.19. The van der Waals surface area contributed by atoms with Crippen molar-refractivity contribution in [1.82, 2.24) is 4.57 Å². The highest BCUT2D eigenvalue weighted by atomic mass is 16.2. The van der Waals surface area contributed by atoms with E-state index in [2.05, 4.69) is 27.4 Å². The van der Waals surface area contributed by atoms with Crippen LogP contribution in [0.5, 0.6) is 0 Å². The van der Waals surface area contributed by atoms with Crippen LogP contribution in [0.15, 0.2) is 54.7 Å². The maximum atomic E-state index is 12.3. The molecule has 2 aromatic carbocycles. The number of amides is 3. The third-order valence-electron chi connectivity index (χ3n) is 3.84. The van der Waals surface area contributed by atoms with Gasteiger partial charge in [0, 0.05) is 36.4 Å². The van der Waals surface area contributed by atoms with Crippen molar-refractivity contribution in [2.75, 3.05) is 16.0 Å². The summed E-state index contributed by atoms with van der Waals surface area (Å²) in [7, 11) is 0. The normalized spacial score (nSPS) is 10.5. The number of para-hydroxylation sites is 1. The fourth-order valence-corrected chi connectivity index (χ4v) is 2.73. The smallest absolute Gasteiger partial charge is 0.323 e. The SMILES string of the molecule is CCn1cc(NC(=O)Nc2ccc(NC(C)=O)cc2)c2ccccc21. The summed E-state index contributed by atoms with van der Waals surface area (Å²) < 4.78 is 2.09. The van der Waals surface area contributed by atoms with E-state index in [0.717, 1.165) is 23.1 Å². The molecule has 25 heavy (non-hydrogen) atoms. The van der Waals surface area contributed by atoms with E-state index in [1.807, 2.05) is 30.5 Å². The lowest BCUT2D eigenvalue weighted by molar-refractivity contribution is -0.114. The molecule has 0 bridgehead atoms. The third kappa shape index (κ3) is 3.80. The Hall–Kier alpha value is -3.28. The number of nitrogens with zero attached hydrogens (tertiary/aromatic N) is 1. The maximum Gasteiger partial charge on any atom is 0.323 e. The molecule has 3 amide bonds. The molecule has 0 saturated heterocycles. The van der Waals surface area contributed by atoms with Gasteiger partial charge in [0.2, 0.25) is 5.91 Å². The number of hydrogen-bond donors (Lipinski definition) is 3. The van der Waals surface area contributed by atoms with Gasteiger partial charge in [0.25, 0.3) is 0 Å². The van der Waals surface area contributed by atoms with Gasteiger partial charge < -0.3 is 20.5 Å². The number of carbonyl (C=O) groups is 2. The Bertz CT molecular complexity index is 913. The van der Waals surface area contributed by atoms with Crippen LogP contribution in [-0.2, 0) is 11.3 Å². The van der Waals surface area contributed by atoms with Gasteiger partial charge in [-0.15, -0.1) is 0 Å². The Morgan fingerprint density at radius 2 is 1.56 bits per heavy atom. The van der Waals surface area contributed by atoms with E-state index in [9.17, 15) is 9.59 Å². The molecule has 6 nitrogen and oxygen atoms in total. The number of rotatable bonds is 4. The van der Waals surface area contributed by atoms with E-state index in [1.165, 1.54) is 6.92 Å². The van der Waals surface area contributed by atoms with Crippen LogP contribution < -0.4 is 16.0 Å². The Balaban J connectivity index is 1.72. The van der Waals surface area contributed by atoms with Crippen LogP contribution in [0, 0.1) is 0 Å². The molecule has 1 aromatic heterocycles. The molecule has 0 aliphatic rings. The highest BCUT2D eigenvalue weighted by Crippen LogP contribution is 2.26. The Kier molecular flexibility index (Phi) is 4.70. The first-order chi connectivity index (χ1) is 12.1. The average Bonchev–Trinajstić information content (AvgIpc) is 2.94. The second kappa shape index (κ2) is 7.09. The molecule has 128 valence electrons. The fraction of sp³-hybridized carbons (Fsp3) is 0.158. The number of aromatic nitrogens is 1. The van der Waals surface area contributed by atoms with E-state index < -0.39 is 0 Å².